The zero-order valence-corrected chi connectivity index (χ0v) is 32.5. The minimum Gasteiger partial charge on any atom is -0.507 e. The van der Waals surface area contributed by atoms with Gasteiger partial charge in [0.15, 0.2) is 10.7 Å². The van der Waals surface area contributed by atoms with Gasteiger partial charge < -0.3 is 10.2 Å². The number of thiophene rings is 1. The Kier molecular flexibility index (Phi) is 9.29. The van der Waals surface area contributed by atoms with E-state index in [1.54, 1.807) is 22.7 Å². The molecule has 0 amide bonds. The van der Waals surface area contributed by atoms with Gasteiger partial charge >= 0.3 is 0 Å². The first-order valence-corrected chi connectivity index (χ1v) is 18.9. The standard InChI is InChI=1S/C42H48O2S3/c1-39(2,3)27-21-25(22-28(37(27)43)40(4,5)6)35(31-15-13-19-45-31)33-17-18-34(47-33)36(32-16-14-20-46-32)26-23-29(41(7,8)9)38(44)30(24-26)42(10,11)12/h13-24H,1-12H3/p+2. The summed E-state index contributed by atoms with van der Waals surface area (Å²) in [6, 6.07) is 13.3. The minimum absolute atomic E-state index is 0.226. The van der Waals surface area contributed by atoms with E-state index in [1.165, 1.54) is 30.7 Å². The lowest BCUT2D eigenvalue weighted by Gasteiger charge is -2.28. The molecule has 3 heterocycles. The average Bonchev–Trinajstić information content (AvgIpc) is 3.72. The average molecular weight is 683 g/mol. The Balaban J connectivity index is 1.78. The quantitative estimate of drug-likeness (QED) is 0.212. The molecule has 0 saturated heterocycles. The van der Waals surface area contributed by atoms with Crippen LogP contribution in [0.4, 0.5) is 0 Å². The molecule has 2 aliphatic rings. The highest BCUT2D eigenvalue weighted by atomic mass is 32.1. The molecule has 0 aliphatic carbocycles. The van der Waals surface area contributed by atoms with Crippen molar-refractivity contribution in [3.63, 3.8) is 0 Å². The van der Waals surface area contributed by atoms with E-state index >= 15 is 0 Å². The van der Waals surface area contributed by atoms with Crippen LogP contribution in [0.1, 0.15) is 126 Å². The van der Waals surface area contributed by atoms with Gasteiger partial charge in [0, 0.05) is 56.3 Å². The van der Waals surface area contributed by atoms with Gasteiger partial charge in [0.05, 0.1) is 11.1 Å². The highest BCUT2D eigenvalue weighted by Crippen LogP contribution is 2.47. The number of allylic oxidation sites excluding steroid dienone is 4. The van der Waals surface area contributed by atoms with Crippen LogP contribution in [0.25, 0.3) is 11.1 Å². The van der Waals surface area contributed by atoms with Gasteiger partial charge in [-0.2, -0.15) is 0 Å². The van der Waals surface area contributed by atoms with Crippen molar-refractivity contribution in [3.05, 3.63) is 114 Å². The Morgan fingerprint density at radius 1 is 0.511 bits per heavy atom. The Hall–Kier alpha value is -3.12. The lowest BCUT2D eigenvalue weighted by Crippen LogP contribution is -2.18. The van der Waals surface area contributed by atoms with Crippen molar-refractivity contribution in [2.45, 2.75) is 105 Å². The highest BCUT2D eigenvalue weighted by molar-refractivity contribution is 7.82. The van der Waals surface area contributed by atoms with Crippen LogP contribution in [-0.2, 0) is 44.4 Å². The van der Waals surface area contributed by atoms with Crippen molar-refractivity contribution in [2.24, 2.45) is 0 Å². The van der Waals surface area contributed by atoms with Crippen molar-refractivity contribution in [1.29, 1.82) is 0 Å². The largest absolute Gasteiger partial charge is 0.507 e. The molecule has 0 unspecified atom stereocenters. The predicted octanol–water partition coefficient (Wildman–Crippen LogP) is 10.8. The van der Waals surface area contributed by atoms with Gasteiger partial charge in [0.25, 0.3) is 0 Å². The first-order chi connectivity index (χ1) is 21.7. The summed E-state index contributed by atoms with van der Waals surface area (Å²) in [6.45, 7) is 26.0. The van der Waals surface area contributed by atoms with Gasteiger partial charge in [-0.05, 0) is 69.2 Å². The summed E-state index contributed by atoms with van der Waals surface area (Å²) in [5.41, 5.74) is 7.58. The maximum Gasteiger partial charge on any atom is 0.240 e. The zero-order chi connectivity index (χ0) is 34.7. The van der Waals surface area contributed by atoms with Crippen LogP contribution in [0.2, 0.25) is 0 Å². The molecule has 3 aromatic rings. The van der Waals surface area contributed by atoms with E-state index in [0.29, 0.717) is 11.5 Å². The lowest BCUT2D eigenvalue weighted by atomic mass is 9.77. The van der Waals surface area contributed by atoms with Crippen molar-refractivity contribution >= 4 is 55.9 Å². The van der Waals surface area contributed by atoms with Gasteiger partial charge in [-0.15, -0.1) is 11.3 Å². The van der Waals surface area contributed by atoms with Crippen molar-refractivity contribution < 1.29 is 10.2 Å². The van der Waals surface area contributed by atoms with Crippen molar-refractivity contribution in [2.75, 3.05) is 0 Å². The normalized spacial score (nSPS) is 17.3. The third kappa shape index (κ3) is 7.18. The summed E-state index contributed by atoms with van der Waals surface area (Å²) in [5.74, 6) is 0.798. The molecule has 0 fully saturated rings. The van der Waals surface area contributed by atoms with Gasteiger partial charge in [-0.25, -0.2) is 0 Å². The van der Waals surface area contributed by atoms with Gasteiger partial charge in [-0.3, -0.25) is 0 Å². The Labute approximate surface area is 294 Å². The molecule has 0 bridgehead atoms. The van der Waals surface area contributed by atoms with E-state index in [9.17, 15) is 10.2 Å². The molecule has 5 heteroatoms. The van der Waals surface area contributed by atoms with Crippen LogP contribution >= 0.6 is 11.3 Å². The Morgan fingerprint density at radius 2 is 0.809 bits per heavy atom. The van der Waals surface area contributed by atoms with E-state index < -0.39 is 0 Å². The summed E-state index contributed by atoms with van der Waals surface area (Å²) >= 11 is 5.31. The molecular formula is C42H50O2S3+2. The molecule has 0 saturated carbocycles. The summed E-state index contributed by atoms with van der Waals surface area (Å²) < 4.78 is 0. The number of hydrogen-bond donors (Lipinski definition) is 2. The molecule has 2 aliphatic heterocycles. The Bertz CT molecular complexity index is 1670. The number of aromatic hydroxyl groups is 2. The molecule has 2 nitrogen and oxygen atoms in total. The first kappa shape index (κ1) is 35.2. The molecule has 0 radical (unpaired) electrons. The van der Waals surface area contributed by atoms with Gasteiger partial charge in [0.2, 0.25) is 32.5 Å². The molecule has 0 atom stereocenters. The molecule has 1 aromatic heterocycles. The second kappa shape index (κ2) is 12.4. The zero-order valence-electron chi connectivity index (χ0n) is 30.0. The molecule has 5 rings (SSSR count). The maximum absolute atomic E-state index is 11.5. The van der Waals surface area contributed by atoms with E-state index in [1.807, 2.05) is 11.3 Å². The van der Waals surface area contributed by atoms with Gasteiger partial charge in [0.1, 0.15) is 11.5 Å². The highest BCUT2D eigenvalue weighted by Gasteiger charge is 2.32. The van der Waals surface area contributed by atoms with Crippen LogP contribution in [0.5, 0.6) is 11.5 Å². The van der Waals surface area contributed by atoms with Crippen LogP contribution in [0.3, 0.4) is 0 Å². The van der Waals surface area contributed by atoms with Crippen LogP contribution < -0.4 is 0 Å². The number of hydrogen-bond acceptors (Lipinski definition) is 3. The van der Waals surface area contributed by atoms with E-state index in [-0.39, 0.29) is 21.7 Å². The predicted molar refractivity (Wildman–Crippen MR) is 213 cm³/mol. The number of phenols is 2. The number of rotatable bonds is 4. The molecule has 47 heavy (non-hydrogen) atoms. The fourth-order valence-corrected chi connectivity index (χ4v) is 9.02. The molecule has 246 valence electrons. The first-order valence-electron chi connectivity index (χ1n) is 16.4. The monoisotopic (exact) mass is 682 g/mol. The second-order valence-corrected chi connectivity index (χ2v) is 19.7. The minimum atomic E-state index is -0.226. The topological polar surface area (TPSA) is 40.5 Å². The SMILES string of the molecule is CC(C)(C)c1cc(C(=C2C=CC=[S+]2)c2ccc(C(=C3C=CC=[S+]3)c3cc(C(C)(C)C)c(O)c(C(C)(C)C)c3)s2)cc(C(C)(C)C)c1O. The van der Waals surface area contributed by atoms with Crippen LogP contribution in [-0.4, -0.2) is 20.9 Å². The number of phenolic OH excluding ortho intramolecular Hbond substituents is 2. The molecule has 2 N–H and O–H groups in total. The van der Waals surface area contributed by atoms with Crippen molar-refractivity contribution in [1.82, 2.24) is 0 Å². The summed E-state index contributed by atoms with van der Waals surface area (Å²) in [4.78, 5) is 4.79. The van der Waals surface area contributed by atoms with E-state index in [2.05, 4.69) is 155 Å². The third-order valence-corrected chi connectivity index (χ3v) is 11.6. The fraction of sp³-hybridized carbons (Fsp3) is 0.381. The van der Waals surface area contributed by atoms with Crippen LogP contribution in [0.15, 0.2) is 70.5 Å². The fourth-order valence-electron chi connectivity index (χ4n) is 6.10. The molecule has 2 aromatic carbocycles. The lowest BCUT2D eigenvalue weighted by molar-refractivity contribution is 0.422. The molecular weight excluding hydrogens is 633 g/mol. The molecule has 0 spiro atoms. The van der Waals surface area contributed by atoms with Crippen LogP contribution in [0, 0.1) is 0 Å². The Morgan fingerprint density at radius 3 is 1.04 bits per heavy atom. The third-order valence-electron chi connectivity index (χ3n) is 8.66. The van der Waals surface area contributed by atoms with Gasteiger partial charge in [-0.1, -0.05) is 83.1 Å². The van der Waals surface area contributed by atoms with Crippen molar-refractivity contribution in [3.8, 4) is 11.5 Å². The van der Waals surface area contributed by atoms with E-state index in [0.717, 1.165) is 33.4 Å². The number of benzene rings is 2. The maximum atomic E-state index is 11.5. The second-order valence-electron chi connectivity index (χ2n) is 16.7. The summed E-state index contributed by atoms with van der Waals surface area (Å²) in [5, 5.41) is 27.3. The summed E-state index contributed by atoms with van der Waals surface area (Å²) in [7, 11) is 0. The van der Waals surface area contributed by atoms with E-state index in [4.69, 9.17) is 0 Å². The smallest absolute Gasteiger partial charge is 0.240 e. The summed E-state index contributed by atoms with van der Waals surface area (Å²) in [6.07, 6.45) is 8.64.